The SMILES string of the molecule is CSc1nnc(NC(=O)CN(c2ccc(Cl)cc2C)S(=O)(=O)c2ccccc2)s1. The molecule has 11 heteroatoms. The minimum atomic E-state index is -3.98. The monoisotopic (exact) mass is 468 g/mol. The van der Waals surface area contributed by atoms with Crippen molar-refractivity contribution in [3.05, 3.63) is 59.1 Å². The minimum absolute atomic E-state index is 0.0859. The Morgan fingerprint density at radius 1 is 1.21 bits per heavy atom. The number of nitrogens with one attached hydrogen (secondary N) is 1. The highest BCUT2D eigenvalue weighted by molar-refractivity contribution is 8.00. The molecular formula is C18H17ClN4O3S3. The predicted molar refractivity (Wildman–Crippen MR) is 117 cm³/mol. The molecule has 1 N–H and O–H groups in total. The summed E-state index contributed by atoms with van der Waals surface area (Å²) in [7, 11) is -3.98. The van der Waals surface area contributed by atoms with E-state index in [2.05, 4.69) is 15.5 Å². The van der Waals surface area contributed by atoms with Crippen LogP contribution in [0.1, 0.15) is 5.56 Å². The van der Waals surface area contributed by atoms with Crippen molar-refractivity contribution in [2.45, 2.75) is 16.2 Å². The average Bonchev–Trinajstić information content (AvgIpc) is 3.15. The molecule has 0 radical (unpaired) electrons. The van der Waals surface area contributed by atoms with E-state index in [1.54, 1.807) is 43.3 Å². The molecule has 7 nitrogen and oxygen atoms in total. The molecule has 0 fully saturated rings. The second-order valence-corrected chi connectivity index (χ2v) is 10.2. The maximum atomic E-state index is 13.3. The summed E-state index contributed by atoms with van der Waals surface area (Å²) in [5, 5.41) is 11.2. The van der Waals surface area contributed by atoms with Crippen molar-refractivity contribution in [1.82, 2.24) is 10.2 Å². The summed E-state index contributed by atoms with van der Waals surface area (Å²) in [6.45, 7) is 1.32. The number of carbonyl (C=O) groups is 1. The first-order valence-corrected chi connectivity index (χ1v) is 12.2. The molecule has 0 spiro atoms. The minimum Gasteiger partial charge on any atom is -0.299 e. The summed E-state index contributed by atoms with van der Waals surface area (Å²) in [6.07, 6.45) is 1.85. The Hall–Kier alpha value is -2.14. The molecule has 1 heterocycles. The van der Waals surface area contributed by atoms with E-state index in [1.807, 2.05) is 6.26 Å². The van der Waals surface area contributed by atoms with E-state index >= 15 is 0 Å². The number of anilines is 2. The van der Waals surface area contributed by atoms with Gasteiger partial charge in [0.2, 0.25) is 11.0 Å². The van der Waals surface area contributed by atoms with Crippen LogP contribution in [0.25, 0.3) is 0 Å². The van der Waals surface area contributed by atoms with Crippen LogP contribution < -0.4 is 9.62 Å². The number of hydrogen-bond donors (Lipinski definition) is 1. The molecule has 1 amide bonds. The molecule has 0 aliphatic heterocycles. The van der Waals surface area contributed by atoms with E-state index in [-0.39, 0.29) is 4.90 Å². The van der Waals surface area contributed by atoms with Crippen molar-refractivity contribution in [1.29, 1.82) is 0 Å². The lowest BCUT2D eigenvalue weighted by atomic mass is 10.2. The number of thioether (sulfide) groups is 1. The summed E-state index contributed by atoms with van der Waals surface area (Å²) < 4.78 is 28.4. The Labute approximate surface area is 182 Å². The zero-order valence-corrected chi connectivity index (χ0v) is 18.7. The Kier molecular flexibility index (Phi) is 6.78. The molecule has 0 aliphatic carbocycles. The van der Waals surface area contributed by atoms with Crippen LogP contribution in [0.4, 0.5) is 10.8 Å². The van der Waals surface area contributed by atoms with Gasteiger partial charge in [0.15, 0.2) is 4.34 Å². The van der Waals surface area contributed by atoms with Gasteiger partial charge in [-0.15, -0.1) is 10.2 Å². The van der Waals surface area contributed by atoms with Crippen LogP contribution in [0.3, 0.4) is 0 Å². The fraction of sp³-hybridized carbons (Fsp3) is 0.167. The molecule has 2 aromatic carbocycles. The lowest BCUT2D eigenvalue weighted by molar-refractivity contribution is -0.114. The third kappa shape index (κ3) is 5.08. The van der Waals surface area contributed by atoms with Crippen molar-refractivity contribution in [3.8, 4) is 0 Å². The molecule has 0 bridgehead atoms. The molecule has 3 aromatic rings. The number of halogens is 1. The van der Waals surface area contributed by atoms with Crippen molar-refractivity contribution in [3.63, 3.8) is 0 Å². The first kappa shape index (κ1) is 21.6. The molecule has 152 valence electrons. The number of aryl methyl sites for hydroxylation is 1. The van der Waals surface area contributed by atoms with Crippen LogP contribution in [0.2, 0.25) is 5.02 Å². The third-order valence-electron chi connectivity index (χ3n) is 3.87. The smallest absolute Gasteiger partial charge is 0.264 e. The number of amides is 1. The van der Waals surface area contributed by atoms with Crippen molar-refractivity contribution >= 4 is 61.4 Å². The summed E-state index contributed by atoms with van der Waals surface area (Å²) >= 11 is 8.64. The van der Waals surface area contributed by atoms with Gasteiger partial charge in [0, 0.05) is 5.02 Å². The summed E-state index contributed by atoms with van der Waals surface area (Å²) in [5.41, 5.74) is 1.00. The van der Waals surface area contributed by atoms with Crippen LogP contribution in [-0.2, 0) is 14.8 Å². The third-order valence-corrected chi connectivity index (χ3v) is 7.70. The largest absolute Gasteiger partial charge is 0.299 e. The van der Waals surface area contributed by atoms with E-state index < -0.39 is 22.5 Å². The van der Waals surface area contributed by atoms with E-state index in [9.17, 15) is 13.2 Å². The van der Waals surface area contributed by atoms with Crippen molar-refractivity contribution in [2.75, 3.05) is 22.4 Å². The second-order valence-electron chi connectivity index (χ2n) is 5.88. The van der Waals surface area contributed by atoms with Gasteiger partial charge < -0.3 is 0 Å². The Bertz CT molecular complexity index is 1120. The van der Waals surface area contributed by atoms with Gasteiger partial charge in [0.1, 0.15) is 6.54 Å². The number of nitrogens with zero attached hydrogens (tertiary/aromatic N) is 3. The van der Waals surface area contributed by atoms with Crippen molar-refractivity contribution in [2.24, 2.45) is 0 Å². The standard InChI is InChI=1S/C18H17ClN4O3S3/c1-12-10-13(19)8-9-15(12)23(29(25,26)14-6-4-3-5-7-14)11-16(24)20-17-21-22-18(27-2)28-17/h3-10H,11H2,1-2H3,(H,20,21,24). The Balaban J connectivity index is 1.95. The van der Waals surface area contributed by atoms with E-state index in [0.717, 1.165) is 4.31 Å². The molecule has 1 aromatic heterocycles. The summed E-state index contributed by atoms with van der Waals surface area (Å²) in [5.74, 6) is -0.525. The van der Waals surface area contributed by atoms with Gasteiger partial charge >= 0.3 is 0 Å². The fourth-order valence-electron chi connectivity index (χ4n) is 2.55. The van der Waals surface area contributed by atoms with Gasteiger partial charge in [-0.05, 0) is 49.1 Å². The lowest BCUT2D eigenvalue weighted by Crippen LogP contribution is -2.38. The second kappa shape index (κ2) is 9.12. The van der Waals surface area contributed by atoms with Crippen LogP contribution in [0, 0.1) is 6.92 Å². The van der Waals surface area contributed by atoms with Gasteiger partial charge in [-0.2, -0.15) is 0 Å². The maximum Gasteiger partial charge on any atom is 0.264 e. The van der Waals surface area contributed by atoms with E-state index in [4.69, 9.17) is 11.6 Å². The molecule has 3 rings (SSSR count). The molecule has 0 saturated carbocycles. The number of carbonyl (C=O) groups excluding carboxylic acids is 1. The first-order valence-electron chi connectivity index (χ1n) is 8.32. The van der Waals surface area contributed by atoms with Gasteiger partial charge in [-0.1, -0.05) is 52.9 Å². The average molecular weight is 469 g/mol. The van der Waals surface area contributed by atoms with Gasteiger partial charge in [-0.25, -0.2) is 8.42 Å². The summed E-state index contributed by atoms with van der Waals surface area (Å²) in [4.78, 5) is 12.7. The highest BCUT2D eigenvalue weighted by atomic mass is 35.5. The zero-order valence-electron chi connectivity index (χ0n) is 15.5. The van der Waals surface area contributed by atoms with Crippen LogP contribution >= 0.6 is 34.7 Å². The molecule has 0 unspecified atom stereocenters. The first-order chi connectivity index (χ1) is 13.8. The van der Waals surface area contributed by atoms with Crippen LogP contribution in [-0.4, -0.2) is 37.3 Å². The van der Waals surface area contributed by atoms with Crippen molar-refractivity contribution < 1.29 is 13.2 Å². The molecule has 0 atom stereocenters. The number of sulfonamides is 1. The van der Waals surface area contributed by atoms with E-state index in [1.165, 1.54) is 35.2 Å². The highest BCUT2D eigenvalue weighted by Gasteiger charge is 2.28. The molecular weight excluding hydrogens is 452 g/mol. The van der Waals surface area contributed by atoms with Gasteiger partial charge in [-0.3, -0.25) is 14.4 Å². The fourth-order valence-corrected chi connectivity index (χ4v) is 5.47. The number of benzene rings is 2. The number of rotatable bonds is 7. The van der Waals surface area contributed by atoms with E-state index in [0.29, 0.717) is 25.7 Å². The number of aromatic nitrogens is 2. The topological polar surface area (TPSA) is 92.3 Å². The van der Waals surface area contributed by atoms with Crippen LogP contribution in [0.15, 0.2) is 57.8 Å². The van der Waals surface area contributed by atoms with Gasteiger partial charge in [0.25, 0.3) is 10.0 Å². The highest BCUT2D eigenvalue weighted by Crippen LogP contribution is 2.29. The Morgan fingerprint density at radius 2 is 1.93 bits per heavy atom. The lowest BCUT2D eigenvalue weighted by Gasteiger charge is -2.25. The maximum absolute atomic E-state index is 13.3. The quantitative estimate of drug-likeness (QED) is 0.415. The molecule has 29 heavy (non-hydrogen) atoms. The zero-order chi connectivity index (χ0) is 21.0. The normalized spacial score (nSPS) is 11.3. The van der Waals surface area contributed by atoms with Gasteiger partial charge in [0.05, 0.1) is 10.6 Å². The van der Waals surface area contributed by atoms with Crippen LogP contribution in [0.5, 0.6) is 0 Å². The summed E-state index contributed by atoms with van der Waals surface area (Å²) in [6, 6.07) is 12.8. The molecule has 0 saturated heterocycles. The predicted octanol–water partition coefficient (Wildman–Crippen LogP) is 4.06. The number of hydrogen-bond acceptors (Lipinski definition) is 7. The molecule has 0 aliphatic rings. The Morgan fingerprint density at radius 3 is 2.55 bits per heavy atom.